The molecular weight excluding hydrogens is 290 g/mol. The van der Waals surface area contributed by atoms with Crippen LogP contribution in [0.2, 0.25) is 0 Å². The summed E-state index contributed by atoms with van der Waals surface area (Å²) in [4.78, 5) is 19.0. The molecule has 0 saturated heterocycles. The summed E-state index contributed by atoms with van der Waals surface area (Å²) in [5.74, 6) is -0.603. The number of carboxylic acid groups (broad SMARTS) is 1. The van der Waals surface area contributed by atoms with Crippen molar-refractivity contribution in [2.24, 2.45) is 0 Å². The molecule has 0 saturated carbocycles. The van der Waals surface area contributed by atoms with Gasteiger partial charge >= 0.3 is 5.97 Å². The molecule has 0 fully saturated rings. The quantitative estimate of drug-likeness (QED) is 0.632. The van der Waals surface area contributed by atoms with Crippen molar-refractivity contribution in [3.05, 3.63) is 53.9 Å². The molecule has 3 aromatic rings. The summed E-state index contributed by atoms with van der Waals surface area (Å²) in [6, 6.07) is 9.50. The molecule has 118 valence electrons. The minimum Gasteiger partial charge on any atom is -0.478 e. The van der Waals surface area contributed by atoms with Gasteiger partial charge in [-0.25, -0.2) is 9.78 Å². The molecule has 0 aliphatic heterocycles. The molecule has 0 spiro atoms. The number of unbranched alkanes of at least 4 members (excludes halogenated alkanes) is 1. The number of benzene rings is 1. The second-order valence-corrected chi connectivity index (χ2v) is 5.55. The monoisotopic (exact) mass is 309 g/mol. The van der Waals surface area contributed by atoms with E-state index in [0.717, 1.165) is 41.4 Å². The first-order chi connectivity index (χ1) is 11.2. The highest BCUT2D eigenvalue weighted by atomic mass is 16.4. The number of pyridine rings is 1. The number of aryl methyl sites for hydroxylation is 1. The normalized spacial score (nSPS) is 10.8. The van der Waals surface area contributed by atoms with E-state index in [9.17, 15) is 9.90 Å². The average molecular weight is 309 g/mol. The summed E-state index contributed by atoms with van der Waals surface area (Å²) in [6.45, 7) is 2.11. The largest absolute Gasteiger partial charge is 0.478 e. The van der Waals surface area contributed by atoms with E-state index in [4.69, 9.17) is 0 Å². The summed E-state index contributed by atoms with van der Waals surface area (Å²) >= 11 is 0. The predicted octanol–water partition coefficient (Wildman–Crippen LogP) is 4.35. The minimum absolute atomic E-state index is 0.202. The van der Waals surface area contributed by atoms with E-state index in [1.54, 1.807) is 12.3 Å². The molecule has 0 atom stereocenters. The van der Waals surface area contributed by atoms with Gasteiger partial charge in [0.15, 0.2) is 0 Å². The van der Waals surface area contributed by atoms with Crippen molar-refractivity contribution in [2.45, 2.75) is 26.2 Å². The smallest absolute Gasteiger partial charge is 0.339 e. The Morgan fingerprint density at radius 3 is 2.96 bits per heavy atom. The van der Waals surface area contributed by atoms with Crippen LogP contribution in [0.15, 0.2) is 42.7 Å². The van der Waals surface area contributed by atoms with E-state index >= 15 is 0 Å². The van der Waals surface area contributed by atoms with Crippen LogP contribution in [0.3, 0.4) is 0 Å². The molecule has 5 nitrogen and oxygen atoms in total. The van der Waals surface area contributed by atoms with Crippen LogP contribution in [0.5, 0.6) is 0 Å². The maximum Gasteiger partial charge on any atom is 0.339 e. The zero-order valence-electron chi connectivity index (χ0n) is 13.0. The average Bonchev–Trinajstić information content (AvgIpc) is 3.01. The van der Waals surface area contributed by atoms with Gasteiger partial charge in [-0.05, 0) is 48.7 Å². The van der Waals surface area contributed by atoms with Crippen LogP contribution in [0.25, 0.3) is 10.9 Å². The van der Waals surface area contributed by atoms with Crippen molar-refractivity contribution >= 4 is 28.4 Å². The van der Waals surface area contributed by atoms with Gasteiger partial charge in [0.1, 0.15) is 11.4 Å². The predicted molar refractivity (Wildman–Crippen MR) is 91.4 cm³/mol. The van der Waals surface area contributed by atoms with Gasteiger partial charge in [-0.15, -0.1) is 0 Å². The number of aromatic nitrogens is 2. The number of aromatic amines is 1. The lowest BCUT2D eigenvalue weighted by atomic mass is 10.1. The number of carbonyl (C=O) groups is 1. The molecule has 0 aliphatic rings. The van der Waals surface area contributed by atoms with E-state index in [0.29, 0.717) is 5.82 Å². The third kappa shape index (κ3) is 3.34. The summed E-state index contributed by atoms with van der Waals surface area (Å²) in [7, 11) is 0. The number of hydrogen-bond donors (Lipinski definition) is 3. The van der Waals surface area contributed by atoms with Crippen molar-refractivity contribution in [3.63, 3.8) is 0 Å². The van der Waals surface area contributed by atoms with E-state index in [1.165, 1.54) is 0 Å². The fourth-order valence-corrected chi connectivity index (χ4v) is 2.56. The topological polar surface area (TPSA) is 78.0 Å². The van der Waals surface area contributed by atoms with Crippen LogP contribution in [0.4, 0.5) is 11.5 Å². The molecule has 23 heavy (non-hydrogen) atoms. The number of nitrogens with zero attached hydrogens (tertiary/aromatic N) is 1. The standard InChI is InChI=1S/C18H19N3O2/c1-2-3-4-12-9-15(18(22)23)17(20-11-12)21-14-5-6-16-13(10-14)7-8-19-16/h5-11,19H,2-4H2,1H3,(H,20,21)(H,22,23). The lowest BCUT2D eigenvalue weighted by Gasteiger charge is -2.10. The van der Waals surface area contributed by atoms with Gasteiger partial charge in [-0.3, -0.25) is 0 Å². The molecule has 1 aromatic carbocycles. The summed E-state index contributed by atoms with van der Waals surface area (Å²) < 4.78 is 0. The highest BCUT2D eigenvalue weighted by Crippen LogP contribution is 2.23. The number of hydrogen-bond acceptors (Lipinski definition) is 3. The first-order valence-electron chi connectivity index (χ1n) is 7.73. The number of nitrogens with one attached hydrogen (secondary N) is 2. The Balaban J connectivity index is 1.89. The van der Waals surface area contributed by atoms with Crippen molar-refractivity contribution in [2.75, 3.05) is 5.32 Å². The first-order valence-corrected chi connectivity index (χ1v) is 7.73. The SMILES string of the molecule is CCCCc1cnc(Nc2ccc3[nH]ccc3c2)c(C(=O)O)c1. The molecular formula is C18H19N3O2. The highest BCUT2D eigenvalue weighted by molar-refractivity contribution is 5.94. The van der Waals surface area contributed by atoms with E-state index in [2.05, 4.69) is 22.2 Å². The molecule has 5 heteroatoms. The number of anilines is 2. The van der Waals surface area contributed by atoms with Crippen molar-refractivity contribution < 1.29 is 9.90 Å². The summed E-state index contributed by atoms with van der Waals surface area (Å²) in [6.07, 6.45) is 6.56. The number of H-pyrrole nitrogens is 1. The van der Waals surface area contributed by atoms with Crippen LogP contribution in [0, 0.1) is 0 Å². The maximum absolute atomic E-state index is 11.5. The molecule has 0 radical (unpaired) electrons. The van der Waals surface area contributed by atoms with Crippen LogP contribution >= 0.6 is 0 Å². The molecule has 0 bridgehead atoms. The van der Waals surface area contributed by atoms with Gasteiger partial charge in [0, 0.05) is 29.0 Å². The van der Waals surface area contributed by atoms with Crippen LogP contribution in [0.1, 0.15) is 35.7 Å². The van der Waals surface area contributed by atoms with Gasteiger partial charge in [0.25, 0.3) is 0 Å². The van der Waals surface area contributed by atoms with Crippen LogP contribution in [-0.4, -0.2) is 21.0 Å². The Bertz CT molecular complexity index is 839. The third-order valence-electron chi connectivity index (χ3n) is 3.81. The fraction of sp³-hybridized carbons (Fsp3) is 0.222. The molecule has 2 aromatic heterocycles. The Kier molecular flexibility index (Phi) is 4.28. The minimum atomic E-state index is -0.971. The van der Waals surface area contributed by atoms with Crippen LogP contribution < -0.4 is 5.32 Å². The fourth-order valence-electron chi connectivity index (χ4n) is 2.56. The number of carboxylic acids is 1. The van der Waals surface area contributed by atoms with Crippen molar-refractivity contribution in [3.8, 4) is 0 Å². The number of rotatable bonds is 6. The van der Waals surface area contributed by atoms with Crippen molar-refractivity contribution in [1.82, 2.24) is 9.97 Å². The Morgan fingerprint density at radius 1 is 1.30 bits per heavy atom. The van der Waals surface area contributed by atoms with E-state index in [1.807, 2.05) is 30.5 Å². The second-order valence-electron chi connectivity index (χ2n) is 5.55. The third-order valence-corrected chi connectivity index (χ3v) is 3.81. The van der Waals surface area contributed by atoms with Crippen LogP contribution in [-0.2, 0) is 6.42 Å². The van der Waals surface area contributed by atoms with Gasteiger partial charge in [0.2, 0.25) is 0 Å². The number of fused-ring (bicyclic) bond motifs is 1. The van der Waals surface area contributed by atoms with Gasteiger partial charge in [-0.2, -0.15) is 0 Å². The Morgan fingerprint density at radius 2 is 2.17 bits per heavy atom. The van der Waals surface area contributed by atoms with E-state index < -0.39 is 5.97 Å². The molecule has 0 aliphatic carbocycles. The maximum atomic E-state index is 11.5. The van der Waals surface area contributed by atoms with Gasteiger partial charge in [-0.1, -0.05) is 13.3 Å². The Hall–Kier alpha value is -2.82. The lowest BCUT2D eigenvalue weighted by molar-refractivity contribution is 0.0697. The van der Waals surface area contributed by atoms with Crippen molar-refractivity contribution in [1.29, 1.82) is 0 Å². The zero-order valence-corrected chi connectivity index (χ0v) is 13.0. The van der Waals surface area contributed by atoms with E-state index in [-0.39, 0.29) is 5.56 Å². The summed E-state index contributed by atoms with van der Waals surface area (Å²) in [5, 5.41) is 13.6. The second kappa shape index (κ2) is 6.52. The molecule has 0 amide bonds. The Labute approximate surface area is 134 Å². The molecule has 0 unspecified atom stereocenters. The van der Waals surface area contributed by atoms with Gasteiger partial charge < -0.3 is 15.4 Å². The molecule has 3 rings (SSSR count). The molecule has 3 N–H and O–H groups in total. The van der Waals surface area contributed by atoms with Gasteiger partial charge in [0.05, 0.1) is 0 Å². The first kappa shape index (κ1) is 15.1. The zero-order chi connectivity index (χ0) is 16.2. The molecule has 2 heterocycles. The highest BCUT2D eigenvalue weighted by Gasteiger charge is 2.13. The number of aromatic carboxylic acids is 1. The lowest BCUT2D eigenvalue weighted by Crippen LogP contribution is -2.06. The summed E-state index contributed by atoms with van der Waals surface area (Å²) in [5.41, 5.74) is 3.01.